The maximum Gasteiger partial charge on any atom is 0.179 e. The Labute approximate surface area is 143 Å². The first-order valence-corrected chi connectivity index (χ1v) is 8.29. The minimum Gasteiger partial charge on any atom is -0.493 e. The maximum atomic E-state index is 6.25. The van der Waals surface area contributed by atoms with Crippen LogP contribution in [0.25, 0.3) is 0 Å². The minimum absolute atomic E-state index is 0.0874. The van der Waals surface area contributed by atoms with E-state index < -0.39 is 0 Å². The number of nitrogens with zero attached hydrogens (tertiary/aromatic N) is 1. The molecular formula is C17H27ClN2O3. The number of benzene rings is 1. The van der Waals surface area contributed by atoms with E-state index in [0.717, 1.165) is 45.0 Å². The monoisotopic (exact) mass is 342 g/mol. The van der Waals surface area contributed by atoms with Gasteiger partial charge in [0.25, 0.3) is 0 Å². The van der Waals surface area contributed by atoms with E-state index in [4.69, 9.17) is 25.8 Å². The van der Waals surface area contributed by atoms with Gasteiger partial charge in [-0.05, 0) is 31.5 Å². The first-order chi connectivity index (χ1) is 11.0. The molecule has 1 saturated heterocycles. The Bertz CT molecular complexity index is 517. The summed E-state index contributed by atoms with van der Waals surface area (Å²) in [6.07, 6.45) is 0. The van der Waals surface area contributed by atoms with Gasteiger partial charge in [-0.25, -0.2) is 0 Å². The molecule has 0 aliphatic carbocycles. The summed E-state index contributed by atoms with van der Waals surface area (Å²) < 4.78 is 16.0. The van der Waals surface area contributed by atoms with Crippen molar-refractivity contribution in [2.75, 3.05) is 47.1 Å². The Morgan fingerprint density at radius 3 is 2.52 bits per heavy atom. The van der Waals surface area contributed by atoms with Crippen LogP contribution < -0.4 is 14.8 Å². The molecule has 1 aromatic rings. The summed E-state index contributed by atoms with van der Waals surface area (Å²) in [6, 6.07) is 3.87. The van der Waals surface area contributed by atoms with E-state index in [2.05, 4.69) is 24.1 Å². The Morgan fingerprint density at radius 1 is 1.22 bits per heavy atom. The predicted molar refractivity (Wildman–Crippen MR) is 92.7 cm³/mol. The molecule has 0 bridgehead atoms. The molecule has 0 amide bonds. The summed E-state index contributed by atoms with van der Waals surface area (Å²) in [5.74, 6) is 1.23. The van der Waals surface area contributed by atoms with Gasteiger partial charge in [0, 0.05) is 31.7 Å². The van der Waals surface area contributed by atoms with Crippen LogP contribution in [0.4, 0.5) is 0 Å². The highest BCUT2D eigenvalue weighted by Gasteiger charge is 2.27. The van der Waals surface area contributed by atoms with Crippen LogP contribution in [0.3, 0.4) is 0 Å². The van der Waals surface area contributed by atoms with Crippen LogP contribution in [0.2, 0.25) is 5.02 Å². The van der Waals surface area contributed by atoms with Crippen molar-refractivity contribution in [1.29, 1.82) is 0 Å². The molecule has 0 radical (unpaired) electrons. The van der Waals surface area contributed by atoms with Crippen molar-refractivity contribution in [3.63, 3.8) is 0 Å². The molecule has 0 unspecified atom stereocenters. The molecule has 6 heteroatoms. The number of halogens is 1. The van der Waals surface area contributed by atoms with Crippen molar-refractivity contribution in [1.82, 2.24) is 10.2 Å². The lowest BCUT2D eigenvalue weighted by molar-refractivity contribution is -0.00967. The molecule has 0 saturated carbocycles. The number of hydrogen-bond acceptors (Lipinski definition) is 5. The number of hydrogen-bond donors (Lipinski definition) is 1. The summed E-state index contributed by atoms with van der Waals surface area (Å²) in [5, 5.41) is 4.08. The molecule has 1 aliphatic heterocycles. The van der Waals surface area contributed by atoms with E-state index >= 15 is 0 Å². The molecule has 0 atom stereocenters. The summed E-state index contributed by atoms with van der Waals surface area (Å²) in [4.78, 5) is 2.46. The Morgan fingerprint density at radius 2 is 1.91 bits per heavy atom. The first kappa shape index (κ1) is 18.3. The van der Waals surface area contributed by atoms with Crippen molar-refractivity contribution < 1.29 is 14.2 Å². The third-order valence-corrected chi connectivity index (χ3v) is 4.53. The van der Waals surface area contributed by atoms with Gasteiger partial charge in [-0.15, -0.1) is 0 Å². The van der Waals surface area contributed by atoms with Crippen molar-refractivity contribution in [3.05, 3.63) is 22.7 Å². The van der Waals surface area contributed by atoms with E-state index in [9.17, 15) is 0 Å². The average Bonchev–Trinajstić information content (AvgIpc) is 2.55. The molecule has 1 aliphatic rings. The van der Waals surface area contributed by atoms with E-state index in [1.165, 1.54) is 0 Å². The van der Waals surface area contributed by atoms with Gasteiger partial charge in [-0.3, -0.25) is 4.90 Å². The molecule has 1 N–H and O–H groups in total. The zero-order chi connectivity index (χ0) is 16.9. The van der Waals surface area contributed by atoms with Gasteiger partial charge in [-0.2, -0.15) is 0 Å². The van der Waals surface area contributed by atoms with Crippen LogP contribution in [0.5, 0.6) is 11.5 Å². The third-order valence-electron chi connectivity index (χ3n) is 4.25. The minimum atomic E-state index is 0.0874. The summed E-state index contributed by atoms with van der Waals surface area (Å²) >= 11 is 6.25. The molecule has 1 heterocycles. The molecule has 2 rings (SSSR count). The highest BCUT2D eigenvalue weighted by molar-refractivity contribution is 6.32. The maximum absolute atomic E-state index is 6.25. The number of ether oxygens (including phenoxy) is 3. The van der Waals surface area contributed by atoms with Gasteiger partial charge >= 0.3 is 0 Å². The molecule has 0 aromatic heterocycles. The van der Waals surface area contributed by atoms with E-state index in [0.29, 0.717) is 16.5 Å². The largest absolute Gasteiger partial charge is 0.493 e. The lowest BCUT2D eigenvalue weighted by Crippen LogP contribution is -2.54. The standard InChI is InChI=1S/C17H27ClN2O3/c1-17(2,20-5-7-23-8-6-20)12-19-11-13-9-14(18)16(22-4)15(10-13)21-3/h9-10,19H,5-8,11-12H2,1-4H3. The summed E-state index contributed by atoms with van der Waals surface area (Å²) in [7, 11) is 3.21. The second-order valence-corrected chi connectivity index (χ2v) is 6.74. The van der Waals surface area contributed by atoms with Crippen LogP contribution in [-0.4, -0.2) is 57.5 Å². The van der Waals surface area contributed by atoms with E-state index in [1.54, 1.807) is 14.2 Å². The van der Waals surface area contributed by atoms with E-state index in [1.807, 2.05) is 12.1 Å². The number of morpholine rings is 1. The van der Waals surface area contributed by atoms with Crippen LogP contribution in [0.15, 0.2) is 12.1 Å². The lowest BCUT2D eigenvalue weighted by atomic mass is 10.0. The van der Waals surface area contributed by atoms with Crippen LogP contribution in [0, 0.1) is 0 Å². The molecule has 130 valence electrons. The lowest BCUT2D eigenvalue weighted by Gasteiger charge is -2.41. The molecular weight excluding hydrogens is 316 g/mol. The number of nitrogens with one attached hydrogen (secondary N) is 1. The second-order valence-electron chi connectivity index (χ2n) is 6.33. The number of methoxy groups -OCH3 is 2. The molecule has 5 nitrogen and oxygen atoms in total. The zero-order valence-corrected chi connectivity index (χ0v) is 15.2. The quantitative estimate of drug-likeness (QED) is 0.825. The van der Waals surface area contributed by atoms with Crippen molar-refractivity contribution >= 4 is 11.6 Å². The molecule has 1 fully saturated rings. The van der Waals surface area contributed by atoms with Gasteiger partial charge in [-0.1, -0.05) is 11.6 Å². The van der Waals surface area contributed by atoms with E-state index in [-0.39, 0.29) is 5.54 Å². The summed E-state index contributed by atoms with van der Waals surface area (Å²) in [5.41, 5.74) is 1.16. The zero-order valence-electron chi connectivity index (χ0n) is 14.4. The normalized spacial score (nSPS) is 16.4. The SMILES string of the molecule is COc1cc(CNCC(C)(C)N2CCOCC2)cc(Cl)c1OC. The van der Waals surface area contributed by atoms with Gasteiger partial charge in [0.05, 0.1) is 32.5 Å². The summed E-state index contributed by atoms with van der Waals surface area (Å²) in [6.45, 7) is 9.73. The molecule has 0 spiro atoms. The predicted octanol–water partition coefficient (Wildman–Crippen LogP) is 2.56. The van der Waals surface area contributed by atoms with Crippen LogP contribution >= 0.6 is 11.6 Å². The average molecular weight is 343 g/mol. The topological polar surface area (TPSA) is 43.0 Å². The van der Waals surface area contributed by atoms with Gasteiger partial charge < -0.3 is 19.5 Å². The van der Waals surface area contributed by atoms with Crippen LogP contribution in [-0.2, 0) is 11.3 Å². The fraction of sp³-hybridized carbons (Fsp3) is 0.647. The Hall–Kier alpha value is -1.01. The van der Waals surface area contributed by atoms with Gasteiger partial charge in [0.2, 0.25) is 0 Å². The van der Waals surface area contributed by atoms with Crippen LogP contribution in [0.1, 0.15) is 19.4 Å². The third kappa shape index (κ3) is 4.73. The van der Waals surface area contributed by atoms with Gasteiger partial charge in [0.1, 0.15) is 0 Å². The highest BCUT2D eigenvalue weighted by Crippen LogP contribution is 2.35. The second kappa shape index (κ2) is 8.20. The highest BCUT2D eigenvalue weighted by atomic mass is 35.5. The van der Waals surface area contributed by atoms with Crippen molar-refractivity contribution in [2.45, 2.75) is 25.9 Å². The molecule has 1 aromatic carbocycles. The molecule has 23 heavy (non-hydrogen) atoms. The van der Waals surface area contributed by atoms with Crippen molar-refractivity contribution in [2.24, 2.45) is 0 Å². The van der Waals surface area contributed by atoms with Gasteiger partial charge in [0.15, 0.2) is 11.5 Å². The number of rotatable bonds is 7. The smallest absolute Gasteiger partial charge is 0.179 e. The Kier molecular flexibility index (Phi) is 6.53. The van der Waals surface area contributed by atoms with Crippen molar-refractivity contribution in [3.8, 4) is 11.5 Å². The Balaban J connectivity index is 1.94. The fourth-order valence-corrected chi connectivity index (χ4v) is 3.18. The first-order valence-electron chi connectivity index (χ1n) is 7.92. The fourth-order valence-electron chi connectivity index (χ4n) is 2.87.